The summed E-state index contributed by atoms with van der Waals surface area (Å²) in [4.78, 5) is 48.4. The molecule has 158 valence electrons. The van der Waals surface area contributed by atoms with Crippen molar-refractivity contribution in [2.45, 2.75) is 13.8 Å². The first kappa shape index (κ1) is 22.6. The number of ether oxygens (including phenoxy) is 4. The average molecular weight is 414 g/mol. The molecule has 0 radical (unpaired) electrons. The van der Waals surface area contributed by atoms with E-state index in [1.165, 1.54) is 24.3 Å². The molecular formula is C22H22O8. The van der Waals surface area contributed by atoms with Crippen LogP contribution in [0.25, 0.3) is 0 Å². The summed E-state index contributed by atoms with van der Waals surface area (Å²) in [7, 11) is 0. The van der Waals surface area contributed by atoms with Crippen LogP contribution in [0.1, 0.15) is 55.3 Å². The van der Waals surface area contributed by atoms with Crippen LogP contribution < -0.4 is 0 Å². The molecule has 0 amide bonds. The van der Waals surface area contributed by atoms with Crippen molar-refractivity contribution in [3.05, 3.63) is 70.8 Å². The average Bonchev–Trinajstić information content (AvgIpc) is 2.76. The van der Waals surface area contributed by atoms with Crippen LogP contribution in [0.15, 0.2) is 48.5 Å². The highest BCUT2D eigenvalue weighted by Gasteiger charge is 2.20. The fraction of sp³-hybridized carbons (Fsp3) is 0.273. The number of hydrogen-bond donors (Lipinski definition) is 0. The first-order chi connectivity index (χ1) is 14.5. The molecule has 8 nitrogen and oxygen atoms in total. The van der Waals surface area contributed by atoms with Gasteiger partial charge in [-0.3, -0.25) is 0 Å². The molecule has 0 saturated heterocycles. The van der Waals surface area contributed by atoms with Crippen LogP contribution in [0.5, 0.6) is 0 Å². The van der Waals surface area contributed by atoms with Gasteiger partial charge in [0.05, 0.1) is 35.5 Å². The summed E-state index contributed by atoms with van der Waals surface area (Å²) in [5.74, 6) is -2.76. The second kappa shape index (κ2) is 11.4. The Hall–Kier alpha value is -3.68. The highest BCUT2D eigenvalue weighted by Crippen LogP contribution is 2.13. The molecule has 0 aliphatic heterocycles. The van der Waals surface area contributed by atoms with Crippen molar-refractivity contribution >= 4 is 23.9 Å². The van der Waals surface area contributed by atoms with E-state index in [-0.39, 0.29) is 48.7 Å². The van der Waals surface area contributed by atoms with Gasteiger partial charge in [0.1, 0.15) is 13.2 Å². The van der Waals surface area contributed by atoms with Crippen molar-refractivity contribution in [2.24, 2.45) is 0 Å². The molecule has 2 aromatic carbocycles. The summed E-state index contributed by atoms with van der Waals surface area (Å²) in [6, 6.07) is 12.2. The molecule has 0 spiro atoms. The Morgan fingerprint density at radius 2 is 0.800 bits per heavy atom. The number of carbonyl (C=O) groups is 4. The second-order valence-corrected chi connectivity index (χ2v) is 5.80. The van der Waals surface area contributed by atoms with Gasteiger partial charge >= 0.3 is 23.9 Å². The zero-order valence-electron chi connectivity index (χ0n) is 16.7. The van der Waals surface area contributed by atoms with Crippen molar-refractivity contribution in [1.82, 2.24) is 0 Å². The number of benzene rings is 2. The van der Waals surface area contributed by atoms with Gasteiger partial charge in [-0.05, 0) is 38.1 Å². The Balaban J connectivity index is 1.94. The molecule has 0 bridgehead atoms. The summed E-state index contributed by atoms with van der Waals surface area (Å²) in [5, 5.41) is 0. The Morgan fingerprint density at radius 3 is 1.07 bits per heavy atom. The van der Waals surface area contributed by atoms with Gasteiger partial charge in [-0.25, -0.2) is 19.2 Å². The Morgan fingerprint density at radius 1 is 0.533 bits per heavy atom. The summed E-state index contributed by atoms with van der Waals surface area (Å²) >= 11 is 0. The maximum Gasteiger partial charge on any atom is 0.339 e. The number of hydrogen-bond acceptors (Lipinski definition) is 8. The summed E-state index contributed by atoms with van der Waals surface area (Å²) in [5.41, 5.74) is 0.277. The van der Waals surface area contributed by atoms with E-state index in [1.54, 1.807) is 38.1 Å². The lowest BCUT2D eigenvalue weighted by Gasteiger charge is -2.10. The number of carbonyl (C=O) groups excluding carboxylic acids is 4. The number of rotatable bonds is 9. The van der Waals surface area contributed by atoms with Gasteiger partial charge in [0, 0.05) is 0 Å². The fourth-order valence-electron chi connectivity index (χ4n) is 2.52. The first-order valence-electron chi connectivity index (χ1n) is 9.36. The molecule has 0 aliphatic rings. The van der Waals surface area contributed by atoms with Crippen molar-refractivity contribution in [3.63, 3.8) is 0 Å². The third-order valence-corrected chi connectivity index (χ3v) is 3.83. The van der Waals surface area contributed by atoms with E-state index in [9.17, 15) is 19.2 Å². The van der Waals surface area contributed by atoms with E-state index in [0.29, 0.717) is 0 Å². The van der Waals surface area contributed by atoms with Crippen molar-refractivity contribution in [2.75, 3.05) is 26.4 Å². The third-order valence-electron chi connectivity index (χ3n) is 3.83. The van der Waals surface area contributed by atoms with Crippen molar-refractivity contribution < 1.29 is 38.1 Å². The van der Waals surface area contributed by atoms with E-state index in [0.717, 1.165) is 0 Å². The molecule has 8 heteroatoms. The monoisotopic (exact) mass is 414 g/mol. The van der Waals surface area contributed by atoms with Gasteiger partial charge in [-0.1, -0.05) is 24.3 Å². The summed E-state index contributed by atoms with van der Waals surface area (Å²) in [6.45, 7) is 3.20. The molecule has 0 fully saturated rings. The van der Waals surface area contributed by atoms with E-state index < -0.39 is 23.9 Å². The lowest BCUT2D eigenvalue weighted by atomic mass is 10.1. The van der Waals surface area contributed by atoms with E-state index in [4.69, 9.17) is 18.9 Å². The Bertz CT molecular complexity index is 843. The van der Waals surface area contributed by atoms with Gasteiger partial charge in [0.2, 0.25) is 0 Å². The quantitative estimate of drug-likeness (QED) is 0.350. The van der Waals surface area contributed by atoms with Crippen LogP contribution in [0, 0.1) is 0 Å². The predicted octanol–water partition coefficient (Wildman–Crippen LogP) is 3.05. The lowest BCUT2D eigenvalue weighted by Crippen LogP contribution is -2.18. The minimum absolute atomic E-state index is 0.0509. The molecule has 2 rings (SSSR count). The molecule has 0 N–H and O–H groups in total. The zero-order chi connectivity index (χ0) is 21.9. The van der Waals surface area contributed by atoms with Gasteiger partial charge < -0.3 is 18.9 Å². The SMILES string of the molecule is CCOC(=O)c1ccccc1C(=O)OCCOC(=O)c1ccccc1C(=O)OCC. The second-order valence-electron chi connectivity index (χ2n) is 5.80. The normalized spacial score (nSPS) is 10.1. The minimum Gasteiger partial charge on any atom is -0.462 e. The van der Waals surface area contributed by atoms with Crippen LogP contribution in [-0.2, 0) is 18.9 Å². The van der Waals surface area contributed by atoms with Crippen LogP contribution in [-0.4, -0.2) is 50.3 Å². The Labute approximate surface area is 173 Å². The van der Waals surface area contributed by atoms with E-state index in [1.807, 2.05) is 0 Å². The Kier molecular flexibility index (Phi) is 8.56. The molecule has 0 unspecified atom stereocenters. The first-order valence-corrected chi connectivity index (χ1v) is 9.36. The van der Waals surface area contributed by atoms with Crippen molar-refractivity contribution in [1.29, 1.82) is 0 Å². The topological polar surface area (TPSA) is 105 Å². The standard InChI is InChI=1S/C22H22O8/c1-3-27-19(23)15-9-5-7-11-17(15)21(25)29-13-14-30-22(26)18-12-8-6-10-16(18)20(24)28-4-2/h5-12H,3-4,13-14H2,1-2H3. The zero-order valence-corrected chi connectivity index (χ0v) is 16.7. The van der Waals surface area contributed by atoms with Crippen molar-refractivity contribution in [3.8, 4) is 0 Å². The minimum atomic E-state index is -0.748. The summed E-state index contributed by atoms with van der Waals surface area (Å²) in [6.07, 6.45) is 0. The molecule has 0 heterocycles. The fourth-order valence-corrected chi connectivity index (χ4v) is 2.52. The highest BCUT2D eigenvalue weighted by atomic mass is 16.6. The van der Waals surface area contributed by atoms with Gasteiger partial charge in [-0.15, -0.1) is 0 Å². The van der Waals surface area contributed by atoms with Crippen LogP contribution >= 0.6 is 0 Å². The molecule has 30 heavy (non-hydrogen) atoms. The highest BCUT2D eigenvalue weighted by molar-refractivity contribution is 6.04. The van der Waals surface area contributed by atoms with Gasteiger partial charge in [0.15, 0.2) is 0 Å². The molecule has 0 saturated carbocycles. The number of esters is 4. The molecule has 0 aromatic heterocycles. The molecule has 0 aliphatic carbocycles. The van der Waals surface area contributed by atoms with E-state index >= 15 is 0 Å². The largest absolute Gasteiger partial charge is 0.462 e. The molecular weight excluding hydrogens is 392 g/mol. The van der Waals surface area contributed by atoms with Gasteiger partial charge in [-0.2, -0.15) is 0 Å². The molecule has 2 aromatic rings. The third kappa shape index (κ3) is 5.91. The van der Waals surface area contributed by atoms with Gasteiger partial charge in [0.25, 0.3) is 0 Å². The van der Waals surface area contributed by atoms with E-state index in [2.05, 4.69) is 0 Å². The lowest BCUT2D eigenvalue weighted by molar-refractivity contribution is 0.0259. The van der Waals surface area contributed by atoms with Crippen LogP contribution in [0.2, 0.25) is 0 Å². The molecule has 0 atom stereocenters. The van der Waals surface area contributed by atoms with Crippen LogP contribution in [0.4, 0.5) is 0 Å². The maximum absolute atomic E-state index is 12.3. The van der Waals surface area contributed by atoms with Crippen LogP contribution in [0.3, 0.4) is 0 Å². The summed E-state index contributed by atoms with van der Waals surface area (Å²) < 4.78 is 20.0. The maximum atomic E-state index is 12.3. The smallest absolute Gasteiger partial charge is 0.339 e. The predicted molar refractivity (Wildman–Crippen MR) is 105 cm³/mol.